The first-order chi connectivity index (χ1) is 12.1. The first-order valence-electron chi connectivity index (χ1n) is 8.66. The third-order valence-electron chi connectivity index (χ3n) is 4.61. The Hall–Kier alpha value is -2.53. The molecule has 1 amide bonds. The number of unbranched alkanes of at least 4 members (excludes halogenated alkanes) is 2. The Bertz CT molecular complexity index is 758. The van der Waals surface area contributed by atoms with Crippen LogP contribution < -0.4 is 15.4 Å². The van der Waals surface area contributed by atoms with Crippen molar-refractivity contribution in [3.05, 3.63) is 48.0 Å². The molecule has 0 bridgehead atoms. The molecule has 2 aromatic carbocycles. The zero-order chi connectivity index (χ0) is 17.9. The van der Waals surface area contributed by atoms with Crippen LogP contribution in [0.1, 0.15) is 38.2 Å². The number of benzene rings is 2. The normalized spacial score (nSPS) is 18.6. The third-order valence-corrected chi connectivity index (χ3v) is 4.61. The van der Waals surface area contributed by atoms with Crippen LogP contribution in [0.4, 0.5) is 17.1 Å². The Morgan fingerprint density at radius 3 is 2.52 bits per heavy atom. The van der Waals surface area contributed by atoms with E-state index in [0.717, 1.165) is 36.4 Å². The van der Waals surface area contributed by atoms with Crippen LogP contribution in [0.5, 0.6) is 5.75 Å². The largest absolute Gasteiger partial charge is 0.497 e. The molecule has 1 aliphatic rings. The van der Waals surface area contributed by atoms with Crippen LogP contribution >= 0.6 is 0 Å². The molecule has 1 aliphatic heterocycles. The molecule has 0 aliphatic carbocycles. The number of anilines is 3. The van der Waals surface area contributed by atoms with Crippen LogP contribution in [0.15, 0.2) is 42.5 Å². The molecule has 132 valence electrons. The predicted octanol–water partition coefficient (Wildman–Crippen LogP) is 4.16. The fourth-order valence-corrected chi connectivity index (χ4v) is 3.14. The zero-order valence-electron chi connectivity index (χ0n) is 14.6. The molecule has 0 spiro atoms. The number of hydrogen-bond donors (Lipinski definition) is 3. The molecule has 0 radical (unpaired) electrons. The van der Waals surface area contributed by atoms with E-state index in [4.69, 9.17) is 4.74 Å². The van der Waals surface area contributed by atoms with Gasteiger partial charge in [0.15, 0.2) is 5.60 Å². The number of methoxy groups -OCH3 is 1. The fourth-order valence-electron chi connectivity index (χ4n) is 3.14. The van der Waals surface area contributed by atoms with Crippen LogP contribution in [0.3, 0.4) is 0 Å². The monoisotopic (exact) mass is 340 g/mol. The van der Waals surface area contributed by atoms with Gasteiger partial charge in [0.25, 0.3) is 5.91 Å². The minimum absolute atomic E-state index is 0.333. The molecule has 0 fully saturated rings. The van der Waals surface area contributed by atoms with Crippen LogP contribution in [-0.4, -0.2) is 18.1 Å². The number of amides is 1. The Morgan fingerprint density at radius 2 is 1.84 bits per heavy atom. The van der Waals surface area contributed by atoms with Gasteiger partial charge in [-0.3, -0.25) is 4.79 Å². The number of rotatable bonds is 7. The van der Waals surface area contributed by atoms with Crippen LogP contribution in [0, 0.1) is 0 Å². The fraction of sp³-hybridized carbons (Fsp3) is 0.350. The molecular formula is C20H24N2O3. The molecule has 0 saturated heterocycles. The van der Waals surface area contributed by atoms with Crippen molar-refractivity contribution in [2.24, 2.45) is 0 Å². The van der Waals surface area contributed by atoms with E-state index in [1.165, 1.54) is 0 Å². The molecular weight excluding hydrogens is 316 g/mol. The van der Waals surface area contributed by atoms with Crippen molar-refractivity contribution in [3.63, 3.8) is 0 Å². The van der Waals surface area contributed by atoms with Crippen LogP contribution in [0.25, 0.3) is 0 Å². The number of carbonyl (C=O) groups excluding carboxylic acids is 1. The molecule has 1 atom stereocenters. The van der Waals surface area contributed by atoms with Crippen molar-refractivity contribution in [1.29, 1.82) is 0 Å². The van der Waals surface area contributed by atoms with Crippen molar-refractivity contribution >= 4 is 23.0 Å². The van der Waals surface area contributed by atoms with Gasteiger partial charge in [-0.15, -0.1) is 0 Å². The van der Waals surface area contributed by atoms with Crippen molar-refractivity contribution in [1.82, 2.24) is 0 Å². The highest BCUT2D eigenvalue weighted by Gasteiger charge is 2.44. The number of fused-ring (bicyclic) bond motifs is 1. The van der Waals surface area contributed by atoms with E-state index in [2.05, 4.69) is 17.6 Å². The van der Waals surface area contributed by atoms with E-state index in [1.54, 1.807) is 7.11 Å². The lowest BCUT2D eigenvalue weighted by molar-refractivity contribution is -0.134. The summed E-state index contributed by atoms with van der Waals surface area (Å²) in [7, 11) is 1.63. The Labute approximate surface area is 148 Å². The third kappa shape index (κ3) is 3.46. The molecule has 0 saturated carbocycles. The quantitative estimate of drug-likeness (QED) is 0.662. The van der Waals surface area contributed by atoms with Gasteiger partial charge in [-0.25, -0.2) is 0 Å². The smallest absolute Gasteiger partial charge is 0.261 e. The molecule has 1 unspecified atom stereocenters. The summed E-state index contributed by atoms with van der Waals surface area (Å²) >= 11 is 0. The van der Waals surface area contributed by atoms with Crippen LogP contribution in [-0.2, 0) is 10.4 Å². The SMILES string of the molecule is CCCCCC1(O)C(=O)Nc2ccc(Nc3ccc(OC)cc3)cc21. The lowest BCUT2D eigenvalue weighted by atomic mass is 9.89. The summed E-state index contributed by atoms with van der Waals surface area (Å²) in [6, 6.07) is 13.2. The highest BCUT2D eigenvalue weighted by molar-refractivity contribution is 6.05. The topological polar surface area (TPSA) is 70.6 Å². The maximum Gasteiger partial charge on any atom is 0.261 e. The summed E-state index contributed by atoms with van der Waals surface area (Å²) in [5.41, 5.74) is 1.63. The second kappa shape index (κ2) is 7.15. The molecule has 25 heavy (non-hydrogen) atoms. The van der Waals surface area contributed by atoms with Gasteiger partial charge >= 0.3 is 0 Å². The van der Waals surface area contributed by atoms with Crippen molar-refractivity contribution in [2.45, 2.75) is 38.2 Å². The van der Waals surface area contributed by atoms with Gasteiger partial charge < -0.3 is 20.5 Å². The molecule has 5 heteroatoms. The summed E-state index contributed by atoms with van der Waals surface area (Å²) < 4.78 is 5.16. The van der Waals surface area contributed by atoms with Gasteiger partial charge in [0.05, 0.1) is 7.11 Å². The number of carbonyl (C=O) groups is 1. The maximum atomic E-state index is 12.3. The summed E-state index contributed by atoms with van der Waals surface area (Å²) in [6.07, 6.45) is 3.29. The maximum absolute atomic E-state index is 12.3. The van der Waals surface area contributed by atoms with Gasteiger partial charge in [-0.1, -0.05) is 19.8 Å². The minimum Gasteiger partial charge on any atom is -0.497 e. The van der Waals surface area contributed by atoms with E-state index < -0.39 is 5.60 Å². The van der Waals surface area contributed by atoms with Crippen molar-refractivity contribution < 1.29 is 14.6 Å². The van der Waals surface area contributed by atoms with Crippen molar-refractivity contribution in [3.8, 4) is 5.75 Å². The van der Waals surface area contributed by atoms with E-state index in [0.29, 0.717) is 17.7 Å². The molecule has 3 N–H and O–H groups in total. The predicted molar refractivity (Wildman–Crippen MR) is 99.4 cm³/mol. The molecule has 2 aromatic rings. The Kier molecular flexibility index (Phi) is 4.95. The summed E-state index contributed by atoms with van der Waals surface area (Å²) in [6.45, 7) is 2.10. The summed E-state index contributed by atoms with van der Waals surface area (Å²) in [5, 5.41) is 17.0. The van der Waals surface area contributed by atoms with Crippen molar-refractivity contribution in [2.75, 3.05) is 17.7 Å². The minimum atomic E-state index is -1.44. The standard InChI is InChI=1S/C20H24N2O3/c1-3-4-5-12-20(24)17-13-15(8-11-18(17)22-19(20)23)21-14-6-9-16(25-2)10-7-14/h6-11,13,21,24H,3-5,12H2,1-2H3,(H,22,23). The van der Waals surface area contributed by atoms with Gasteiger partial charge in [0.1, 0.15) is 5.75 Å². The van der Waals surface area contributed by atoms with E-state index in [9.17, 15) is 9.90 Å². The Balaban J connectivity index is 1.82. The summed E-state index contributed by atoms with van der Waals surface area (Å²) in [5.74, 6) is 0.458. The molecule has 0 aromatic heterocycles. The number of hydrogen-bond acceptors (Lipinski definition) is 4. The molecule has 3 rings (SSSR count). The second-order valence-electron chi connectivity index (χ2n) is 6.39. The Morgan fingerprint density at radius 1 is 1.12 bits per heavy atom. The average molecular weight is 340 g/mol. The lowest BCUT2D eigenvalue weighted by Gasteiger charge is -2.21. The zero-order valence-corrected chi connectivity index (χ0v) is 14.6. The highest BCUT2D eigenvalue weighted by Crippen LogP contribution is 2.41. The van der Waals surface area contributed by atoms with Gasteiger partial charge in [-0.2, -0.15) is 0 Å². The second-order valence-corrected chi connectivity index (χ2v) is 6.39. The van der Waals surface area contributed by atoms with E-state index in [1.807, 2.05) is 42.5 Å². The molecule has 1 heterocycles. The summed E-state index contributed by atoms with van der Waals surface area (Å²) in [4.78, 5) is 12.3. The first-order valence-corrected chi connectivity index (χ1v) is 8.66. The number of aliphatic hydroxyl groups is 1. The lowest BCUT2D eigenvalue weighted by Crippen LogP contribution is -2.34. The van der Waals surface area contributed by atoms with Gasteiger partial charge in [0.2, 0.25) is 0 Å². The van der Waals surface area contributed by atoms with Gasteiger partial charge in [-0.05, 0) is 55.3 Å². The number of nitrogens with one attached hydrogen (secondary N) is 2. The van der Waals surface area contributed by atoms with Gasteiger partial charge in [0, 0.05) is 22.6 Å². The molecule has 5 nitrogen and oxygen atoms in total. The van der Waals surface area contributed by atoms with Crippen LogP contribution in [0.2, 0.25) is 0 Å². The number of ether oxygens (including phenoxy) is 1. The van der Waals surface area contributed by atoms with E-state index in [-0.39, 0.29) is 5.91 Å². The van der Waals surface area contributed by atoms with E-state index >= 15 is 0 Å². The first kappa shape index (κ1) is 17.3. The highest BCUT2D eigenvalue weighted by atomic mass is 16.5. The average Bonchev–Trinajstić information content (AvgIpc) is 2.87.